The second-order valence-electron chi connectivity index (χ2n) is 9.37. The molecule has 0 radical (unpaired) electrons. The molecule has 3 aromatic carbocycles. The lowest BCUT2D eigenvalue weighted by Crippen LogP contribution is -2.51. The summed E-state index contributed by atoms with van der Waals surface area (Å²) in [6, 6.07) is 23.5. The van der Waals surface area contributed by atoms with Crippen molar-refractivity contribution in [1.82, 2.24) is 4.90 Å². The second-order valence-corrected chi connectivity index (χ2v) is 9.37. The van der Waals surface area contributed by atoms with Gasteiger partial charge >= 0.3 is 5.97 Å². The molecule has 5 rings (SSSR count). The fraction of sp³-hybridized carbons (Fsp3) is 0.310. The number of rotatable bonds is 8. The van der Waals surface area contributed by atoms with Crippen molar-refractivity contribution in [3.05, 3.63) is 101 Å². The lowest BCUT2D eigenvalue weighted by Gasteiger charge is -2.39. The quantitative estimate of drug-likeness (QED) is 0.501. The molecule has 1 heterocycles. The van der Waals surface area contributed by atoms with Crippen molar-refractivity contribution >= 4 is 11.9 Å². The minimum Gasteiger partial charge on any atom is -0.489 e. The highest BCUT2D eigenvalue weighted by Crippen LogP contribution is 2.36. The Morgan fingerprint density at radius 2 is 1.64 bits per heavy atom. The van der Waals surface area contributed by atoms with E-state index in [0.29, 0.717) is 30.8 Å². The first-order valence-corrected chi connectivity index (χ1v) is 12.2. The van der Waals surface area contributed by atoms with Crippen molar-refractivity contribution in [2.45, 2.75) is 56.8 Å². The van der Waals surface area contributed by atoms with Crippen molar-refractivity contribution in [1.29, 1.82) is 0 Å². The Bertz CT molecular complexity index is 1210. The van der Waals surface area contributed by atoms with Crippen LogP contribution in [0.3, 0.4) is 0 Å². The molecule has 2 N–H and O–H groups in total. The number of aliphatic hydroxyl groups is 1. The van der Waals surface area contributed by atoms with Gasteiger partial charge in [0.05, 0.1) is 12.2 Å². The number of aliphatic hydroxyl groups excluding tert-OH is 1. The van der Waals surface area contributed by atoms with Crippen LogP contribution in [0.2, 0.25) is 0 Å². The topological polar surface area (TPSA) is 96.3 Å². The summed E-state index contributed by atoms with van der Waals surface area (Å²) in [5.74, 6) is -0.831. The number of amides is 1. The van der Waals surface area contributed by atoms with Crippen LogP contribution < -0.4 is 4.74 Å². The summed E-state index contributed by atoms with van der Waals surface area (Å²) in [6.07, 6.45) is -0.541. The van der Waals surface area contributed by atoms with E-state index < -0.39 is 30.1 Å². The average Bonchev–Trinajstić information content (AvgIpc) is 2.89. The number of aliphatic carboxylic acids is 1. The minimum atomic E-state index is -1.07. The van der Waals surface area contributed by atoms with Crippen LogP contribution in [-0.4, -0.2) is 45.2 Å². The molecule has 2 aliphatic rings. The van der Waals surface area contributed by atoms with E-state index in [0.717, 1.165) is 16.7 Å². The number of benzene rings is 3. The summed E-state index contributed by atoms with van der Waals surface area (Å²) < 4.78 is 12.2. The molecule has 36 heavy (non-hydrogen) atoms. The van der Waals surface area contributed by atoms with E-state index in [1.165, 1.54) is 4.90 Å². The highest BCUT2D eigenvalue weighted by atomic mass is 16.5. The minimum absolute atomic E-state index is 0.144. The Kier molecular flexibility index (Phi) is 7.02. The van der Waals surface area contributed by atoms with E-state index in [1.54, 1.807) is 12.1 Å². The first kappa shape index (κ1) is 24.0. The zero-order valence-electron chi connectivity index (χ0n) is 19.8. The third-order valence-electron chi connectivity index (χ3n) is 6.87. The molecule has 7 heteroatoms. The van der Waals surface area contributed by atoms with Crippen LogP contribution in [0, 0.1) is 0 Å². The van der Waals surface area contributed by atoms with Gasteiger partial charge in [0.15, 0.2) is 6.10 Å². The lowest BCUT2D eigenvalue weighted by atomic mass is 9.90. The van der Waals surface area contributed by atoms with Crippen molar-refractivity contribution in [2.24, 2.45) is 0 Å². The molecule has 1 unspecified atom stereocenters. The van der Waals surface area contributed by atoms with Crippen molar-refractivity contribution < 1.29 is 29.3 Å². The highest BCUT2D eigenvalue weighted by Gasteiger charge is 2.41. The van der Waals surface area contributed by atoms with Gasteiger partial charge < -0.3 is 24.6 Å². The van der Waals surface area contributed by atoms with Crippen LogP contribution in [0.15, 0.2) is 78.9 Å². The van der Waals surface area contributed by atoms with Gasteiger partial charge in [-0.25, -0.2) is 4.79 Å². The van der Waals surface area contributed by atoms with Gasteiger partial charge in [0.2, 0.25) is 0 Å². The second kappa shape index (κ2) is 10.5. The zero-order valence-corrected chi connectivity index (χ0v) is 19.8. The van der Waals surface area contributed by atoms with Gasteiger partial charge in [-0.15, -0.1) is 0 Å². The third-order valence-corrected chi connectivity index (χ3v) is 6.87. The SMILES string of the molecule is O=C(O)[C@H]1Cc2c(cccc2OCc2ccccc2)CN1C(=O)C(O[C@H]1C[C@@H](O)C1)c1ccccc1. The molecule has 0 spiro atoms. The van der Waals surface area contributed by atoms with Crippen LogP contribution in [0.5, 0.6) is 5.75 Å². The normalized spacial score (nSPS) is 21.7. The number of hydrogen-bond donors (Lipinski definition) is 2. The number of carboxylic acid groups (broad SMARTS) is 1. The predicted octanol–water partition coefficient (Wildman–Crippen LogP) is 3.88. The molecule has 0 aromatic heterocycles. The maximum atomic E-state index is 13.8. The van der Waals surface area contributed by atoms with E-state index in [-0.39, 0.29) is 19.1 Å². The van der Waals surface area contributed by atoms with Crippen molar-refractivity contribution in [2.75, 3.05) is 0 Å². The average molecular weight is 488 g/mol. The Balaban J connectivity index is 1.40. The third kappa shape index (κ3) is 5.12. The fourth-order valence-electron chi connectivity index (χ4n) is 4.81. The number of fused-ring (bicyclic) bond motifs is 1. The van der Waals surface area contributed by atoms with Crippen LogP contribution in [0.1, 0.15) is 41.2 Å². The van der Waals surface area contributed by atoms with Crippen molar-refractivity contribution in [3.63, 3.8) is 0 Å². The maximum absolute atomic E-state index is 13.8. The Labute approximate surface area is 209 Å². The molecular weight excluding hydrogens is 458 g/mol. The van der Waals surface area contributed by atoms with Crippen LogP contribution in [0.4, 0.5) is 0 Å². The zero-order chi connectivity index (χ0) is 25.1. The summed E-state index contributed by atoms with van der Waals surface area (Å²) in [7, 11) is 0. The molecule has 1 aliphatic heterocycles. The lowest BCUT2D eigenvalue weighted by molar-refractivity contribution is -0.167. The first-order chi connectivity index (χ1) is 17.5. The van der Waals surface area contributed by atoms with E-state index in [1.807, 2.05) is 66.7 Å². The molecule has 1 aliphatic carbocycles. The number of carboxylic acids is 1. The molecule has 3 aromatic rings. The van der Waals surface area contributed by atoms with Crippen LogP contribution in [-0.2, 0) is 33.9 Å². The Hall–Kier alpha value is -3.68. The molecule has 186 valence electrons. The Morgan fingerprint density at radius 3 is 2.31 bits per heavy atom. The highest BCUT2D eigenvalue weighted by molar-refractivity contribution is 5.88. The number of carbonyl (C=O) groups excluding carboxylic acids is 1. The first-order valence-electron chi connectivity index (χ1n) is 12.2. The standard InChI is InChI=1S/C29H29NO6/c31-22-14-23(15-22)36-27(20-10-5-2-6-11-20)28(32)30-17-21-12-7-13-26(24(21)16-25(30)29(33)34)35-18-19-8-3-1-4-9-19/h1-13,22-23,25,27,31H,14-18H2,(H,33,34)/t22-,23+,25-,27?/m1/s1. The number of ether oxygens (including phenoxy) is 2. The molecular formula is C29H29NO6. The number of nitrogens with zero attached hydrogens (tertiary/aromatic N) is 1. The van der Waals surface area contributed by atoms with Gasteiger partial charge in [-0.2, -0.15) is 0 Å². The van der Waals surface area contributed by atoms with E-state index in [4.69, 9.17) is 9.47 Å². The van der Waals surface area contributed by atoms with Gasteiger partial charge in [0.1, 0.15) is 18.4 Å². The fourth-order valence-corrected chi connectivity index (χ4v) is 4.81. The molecule has 1 fully saturated rings. The van der Waals surface area contributed by atoms with E-state index in [9.17, 15) is 19.8 Å². The Morgan fingerprint density at radius 1 is 0.944 bits per heavy atom. The van der Waals surface area contributed by atoms with E-state index >= 15 is 0 Å². The summed E-state index contributed by atoms with van der Waals surface area (Å²) in [5, 5.41) is 19.8. The van der Waals surface area contributed by atoms with Gasteiger partial charge in [0.25, 0.3) is 5.91 Å². The molecule has 1 saturated carbocycles. The number of hydrogen-bond acceptors (Lipinski definition) is 5. The number of carbonyl (C=O) groups is 2. The monoisotopic (exact) mass is 487 g/mol. The van der Waals surface area contributed by atoms with Crippen LogP contribution >= 0.6 is 0 Å². The van der Waals surface area contributed by atoms with Gasteiger partial charge in [0, 0.05) is 18.5 Å². The predicted molar refractivity (Wildman–Crippen MR) is 132 cm³/mol. The molecule has 0 bridgehead atoms. The summed E-state index contributed by atoms with van der Waals surface area (Å²) in [5.41, 5.74) is 3.35. The maximum Gasteiger partial charge on any atom is 0.326 e. The molecule has 1 amide bonds. The van der Waals surface area contributed by atoms with Gasteiger partial charge in [-0.3, -0.25) is 4.79 Å². The largest absolute Gasteiger partial charge is 0.489 e. The molecule has 7 nitrogen and oxygen atoms in total. The molecule has 2 atom stereocenters. The van der Waals surface area contributed by atoms with Crippen LogP contribution in [0.25, 0.3) is 0 Å². The summed E-state index contributed by atoms with van der Waals surface area (Å²) >= 11 is 0. The smallest absolute Gasteiger partial charge is 0.326 e. The molecule has 0 saturated heterocycles. The van der Waals surface area contributed by atoms with Gasteiger partial charge in [-0.05, 0) is 35.6 Å². The summed E-state index contributed by atoms with van der Waals surface area (Å²) in [4.78, 5) is 27.6. The van der Waals surface area contributed by atoms with Crippen molar-refractivity contribution in [3.8, 4) is 5.75 Å². The summed E-state index contributed by atoms with van der Waals surface area (Å²) in [6.45, 7) is 0.516. The van der Waals surface area contributed by atoms with Gasteiger partial charge in [-0.1, -0.05) is 72.8 Å². The van der Waals surface area contributed by atoms with E-state index in [2.05, 4.69) is 0 Å².